The van der Waals surface area contributed by atoms with Crippen molar-refractivity contribution in [3.8, 4) is 0 Å². The maximum Gasteiger partial charge on any atom is 0.339 e. The second-order valence-electron chi connectivity index (χ2n) is 4.03. The first-order chi connectivity index (χ1) is 8.41. The summed E-state index contributed by atoms with van der Waals surface area (Å²) in [5, 5.41) is 0. The van der Waals surface area contributed by atoms with Crippen LogP contribution in [-0.2, 0) is 14.9 Å². The fourth-order valence-corrected chi connectivity index (χ4v) is 4.27. The normalized spacial score (nSPS) is 11.9. The fourth-order valence-electron chi connectivity index (χ4n) is 1.80. The summed E-state index contributed by atoms with van der Waals surface area (Å²) < 4.78 is 50.5. The van der Waals surface area contributed by atoms with E-state index in [1.807, 2.05) is 13.8 Å². The number of hydrogen-bond donors (Lipinski definition) is 0. The Bertz CT molecular complexity index is 407. The first-order valence-electron chi connectivity index (χ1n) is 5.83. The maximum atomic E-state index is 13.5. The van der Waals surface area contributed by atoms with Gasteiger partial charge in [0, 0.05) is 25.3 Å². The molecule has 1 aromatic rings. The predicted octanol–water partition coefficient (Wildman–Crippen LogP) is 3.33. The number of benzene rings is 1. The number of rotatable bonds is 6. The van der Waals surface area contributed by atoms with E-state index in [9.17, 15) is 13.2 Å². The van der Waals surface area contributed by atoms with E-state index >= 15 is 0 Å². The summed E-state index contributed by atoms with van der Waals surface area (Å²) in [6.07, 6.45) is 0. The van der Waals surface area contributed by atoms with Crippen molar-refractivity contribution in [2.24, 2.45) is 0 Å². The van der Waals surface area contributed by atoms with Crippen LogP contribution in [0.5, 0.6) is 0 Å². The Kier molecular flexibility index (Phi) is 5.37. The topological polar surface area (TPSA) is 18.5 Å². The molecule has 0 fully saturated rings. The molecular weight excluding hydrogens is 261 g/mol. The first kappa shape index (κ1) is 15.2. The van der Waals surface area contributed by atoms with Gasteiger partial charge in [0.25, 0.3) is 0 Å². The lowest BCUT2D eigenvalue weighted by molar-refractivity contribution is 0.188. The second-order valence-corrected chi connectivity index (χ2v) is 7.23. The molecule has 6 heteroatoms. The molecule has 0 aliphatic heterocycles. The Balaban J connectivity index is 2.97. The molecule has 0 spiro atoms. The summed E-state index contributed by atoms with van der Waals surface area (Å²) in [5.74, 6) is -3.02. The van der Waals surface area contributed by atoms with E-state index in [0.717, 1.165) is 6.07 Å². The van der Waals surface area contributed by atoms with Crippen molar-refractivity contribution in [3.05, 3.63) is 35.1 Å². The summed E-state index contributed by atoms with van der Waals surface area (Å²) in [7, 11) is -2.59. The van der Waals surface area contributed by atoms with Crippen molar-refractivity contribution >= 4 is 8.56 Å². The van der Waals surface area contributed by atoms with Crippen LogP contribution in [-0.4, -0.2) is 21.8 Å². The smallest absolute Gasteiger partial charge is 0.339 e. The molecule has 2 nitrogen and oxygen atoms in total. The van der Waals surface area contributed by atoms with Gasteiger partial charge in [-0.1, -0.05) is 0 Å². The molecule has 0 bridgehead atoms. The Morgan fingerprint density at radius 3 is 1.94 bits per heavy atom. The molecule has 0 N–H and O–H groups in total. The third-order valence-electron chi connectivity index (χ3n) is 2.50. The third-order valence-corrected chi connectivity index (χ3v) is 5.32. The highest BCUT2D eigenvalue weighted by Crippen LogP contribution is 2.20. The molecule has 0 aromatic heterocycles. The molecule has 18 heavy (non-hydrogen) atoms. The van der Waals surface area contributed by atoms with Gasteiger partial charge in [0.05, 0.1) is 0 Å². The minimum atomic E-state index is -2.59. The van der Waals surface area contributed by atoms with Crippen molar-refractivity contribution in [2.75, 3.05) is 13.2 Å². The monoisotopic (exact) mass is 278 g/mol. The van der Waals surface area contributed by atoms with E-state index in [1.165, 1.54) is 0 Å². The zero-order valence-corrected chi connectivity index (χ0v) is 11.7. The molecule has 0 atom stereocenters. The van der Waals surface area contributed by atoms with Gasteiger partial charge < -0.3 is 8.85 Å². The minimum Gasteiger partial charge on any atom is -0.394 e. The molecular formula is C12H17F3O2Si. The van der Waals surface area contributed by atoms with Crippen LogP contribution in [0, 0.1) is 17.5 Å². The summed E-state index contributed by atoms with van der Waals surface area (Å²) >= 11 is 0. The van der Waals surface area contributed by atoms with Crippen molar-refractivity contribution in [2.45, 2.75) is 26.4 Å². The van der Waals surface area contributed by atoms with E-state index in [1.54, 1.807) is 6.55 Å². The minimum absolute atomic E-state index is 0.0879. The molecule has 0 aliphatic rings. The highest BCUT2D eigenvalue weighted by molar-refractivity contribution is 6.65. The van der Waals surface area contributed by atoms with Crippen LogP contribution >= 0.6 is 0 Å². The van der Waals surface area contributed by atoms with Crippen molar-refractivity contribution in [1.82, 2.24) is 0 Å². The SMILES string of the molecule is CCO[Si](C)(Cc1cc(F)c(F)cc1F)OCC. The van der Waals surface area contributed by atoms with Crippen LogP contribution in [0.25, 0.3) is 0 Å². The quantitative estimate of drug-likeness (QED) is 0.587. The average Bonchev–Trinajstić information content (AvgIpc) is 2.26. The highest BCUT2D eigenvalue weighted by Gasteiger charge is 2.32. The van der Waals surface area contributed by atoms with Crippen LogP contribution in [0.4, 0.5) is 13.2 Å². The summed E-state index contributed by atoms with van der Waals surface area (Å²) in [4.78, 5) is 0. The Hall–Kier alpha value is -0.853. The van der Waals surface area contributed by atoms with Crippen LogP contribution in [0.3, 0.4) is 0 Å². The number of hydrogen-bond acceptors (Lipinski definition) is 2. The van der Waals surface area contributed by atoms with E-state index in [0.29, 0.717) is 19.3 Å². The van der Waals surface area contributed by atoms with Crippen LogP contribution < -0.4 is 0 Å². The van der Waals surface area contributed by atoms with Gasteiger partial charge in [-0.05, 0) is 32.0 Å². The van der Waals surface area contributed by atoms with Gasteiger partial charge in [-0.15, -0.1) is 0 Å². The molecule has 0 heterocycles. The second kappa shape index (κ2) is 6.35. The average molecular weight is 278 g/mol. The molecule has 1 rings (SSSR count). The maximum absolute atomic E-state index is 13.5. The van der Waals surface area contributed by atoms with Gasteiger partial charge in [-0.2, -0.15) is 0 Å². The Labute approximate surface area is 106 Å². The zero-order chi connectivity index (χ0) is 13.8. The molecule has 0 saturated carbocycles. The lowest BCUT2D eigenvalue weighted by atomic mass is 10.2. The Morgan fingerprint density at radius 1 is 0.944 bits per heavy atom. The van der Waals surface area contributed by atoms with E-state index in [2.05, 4.69) is 0 Å². The van der Waals surface area contributed by atoms with Gasteiger partial charge in [0.1, 0.15) is 5.82 Å². The summed E-state index contributed by atoms with van der Waals surface area (Å²) in [6, 6.07) is 1.57. The van der Waals surface area contributed by atoms with Crippen molar-refractivity contribution in [1.29, 1.82) is 0 Å². The van der Waals surface area contributed by atoms with Crippen molar-refractivity contribution < 1.29 is 22.0 Å². The van der Waals surface area contributed by atoms with E-state index in [-0.39, 0.29) is 11.6 Å². The first-order valence-corrected chi connectivity index (χ1v) is 8.35. The molecule has 0 amide bonds. The molecule has 0 saturated heterocycles. The van der Waals surface area contributed by atoms with Crippen LogP contribution in [0.1, 0.15) is 19.4 Å². The lowest BCUT2D eigenvalue weighted by Crippen LogP contribution is -2.42. The van der Waals surface area contributed by atoms with Gasteiger partial charge in [0.2, 0.25) is 0 Å². The molecule has 0 aliphatic carbocycles. The summed E-state index contributed by atoms with van der Waals surface area (Å²) in [6.45, 7) is 6.28. The van der Waals surface area contributed by atoms with Crippen LogP contribution in [0.15, 0.2) is 12.1 Å². The summed E-state index contributed by atoms with van der Waals surface area (Å²) in [5.41, 5.74) is 0.0879. The van der Waals surface area contributed by atoms with Crippen LogP contribution in [0.2, 0.25) is 6.55 Å². The Morgan fingerprint density at radius 2 is 1.44 bits per heavy atom. The van der Waals surface area contributed by atoms with Gasteiger partial charge in [-0.25, -0.2) is 13.2 Å². The molecule has 0 radical (unpaired) electrons. The molecule has 0 unspecified atom stereocenters. The van der Waals surface area contributed by atoms with Gasteiger partial charge in [0.15, 0.2) is 11.6 Å². The lowest BCUT2D eigenvalue weighted by Gasteiger charge is -2.26. The van der Waals surface area contributed by atoms with E-state index < -0.39 is 26.0 Å². The fraction of sp³-hybridized carbons (Fsp3) is 0.500. The van der Waals surface area contributed by atoms with Gasteiger partial charge >= 0.3 is 8.56 Å². The van der Waals surface area contributed by atoms with Gasteiger partial charge in [-0.3, -0.25) is 0 Å². The number of halogens is 3. The van der Waals surface area contributed by atoms with E-state index in [4.69, 9.17) is 8.85 Å². The standard InChI is InChI=1S/C12H17F3O2Si/c1-4-16-18(3,17-5-2)8-9-6-11(14)12(15)7-10(9)13/h6-7H,4-5,8H2,1-3H3. The zero-order valence-electron chi connectivity index (χ0n) is 10.7. The predicted molar refractivity (Wildman–Crippen MR) is 64.9 cm³/mol. The molecule has 102 valence electrons. The largest absolute Gasteiger partial charge is 0.394 e. The van der Waals surface area contributed by atoms with Crippen molar-refractivity contribution in [3.63, 3.8) is 0 Å². The molecule has 1 aromatic carbocycles. The third kappa shape index (κ3) is 3.83. The highest BCUT2D eigenvalue weighted by atomic mass is 28.4.